The van der Waals surface area contributed by atoms with E-state index in [0.29, 0.717) is 6.04 Å². The van der Waals surface area contributed by atoms with E-state index in [0.717, 1.165) is 24.2 Å². The molecule has 0 unspecified atom stereocenters. The van der Waals surface area contributed by atoms with Crippen LogP contribution in [0.25, 0.3) is 0 Å². The van der Waals surface area contributed by atoms with Gasteiger partial charge >= 0.3 is 0 Å². The summed E-state index contributed by atoms with van der Waals surface area (Å²) < 4.78 is 0. The molecule has 1 aliphatic heterocycles. The monoisotopic (exact) mass is 329 g/mol. The van der Waals surface area contributed by atoms with Crippen LogP contribution < -0.4 is 4.90 Å². The molecule has 1 aliphatic carbocycles. The highest BCUT2D eigenvalue weighted by atomic mass is 32.1. The number of nitrogens with zero attached hydrogens (tertiary/aromatic N) is 5. The van der Waals surface area contributed by atoms with E-state index in [9.17, 15) is 0 Å². The van der Waals surface area contributed by atoms with E-state index in [4.69, 9.17) is 0 Å². The molecule has 0 N–H and O–H groups in total. The van der Waals surface area contributed by atoms with Gasteiger partial charge in [0.25, 0.3) is 0 Å². The summed E-state index contributed by atoms with van der Waals surface area (Å²) in [6.07, 6.45) is 8.00. The average molecular weight is 329 g/mol. The zero-order chi connectivity index (χ0) is 15.8. The zero-order valence-electron chi connectivity index (χ0n) is 13.7. The molecule has 0 aromatic carbocycles. The summed E-state index contributed by atoms with van der Waals surface area (Å²) in [7, 11) is 2.17. The predicted molar refractivity (Wildman–Crippen MR) is 92.6 cm³/mol. The molecule has 2 aromatic heterocycles. The van der Waals surface area contributed by atoms with Gasteiger partial charge in [-0.2, -0.15) is 0 Å². The Morgan fingerprint density at radius 3 is 2.91 bits per heavy atom. The highest BCUT2D eigenvalue weighted by molar-refractivity contribution is 7.09. The Balaban J connectivity index is 1.44. The van der Waals surface area contributed by atoms with Gasteiger partial charge in [-0.25, -0.2) is 9.97 Å². The third-order valence-electron chi connectivity index (χ3n) is 5.52. The molecule has 0 spiro atoms. The summed E-state index contributed by atoms with van der Waals surface area (Å²) in [5, 5.41) is 0. The summed E-state index contributed by atoms with van der Waals surface area (Å²) in [5.74, 6) is 2.57. The maximum atomic E-state index is 4.47. The molecule has 0 radical (unpaired) electrons. The number of hydrogen-bond acceptors (Lipinski definition) is 6. The predicted octanol–water partition coefficient (Wildman–Crippen LogP) is 2.59. The van der Waals surface area contributed by atoms with Crippen LogP contribution in [-0.2, 0) is 6.54 Å². The number of aromatic nitrogens is 3. The van der Waals surface area contributed by atoms with Crippen molar-refractivity contribution in [2.45, 2.75) is 32.4 Å². The van der Waals surface area contributed by atoms with Crippen LogP contribution in [0.15, 0.2) is 24.1 Å². The van der Waals surface area contributed by atoms with Gasteiger partial charge in [-0.3, -0.25) is 9.88 Å². The van der Waals surface area contributed by atoms with Gasteiger partial charge in [-0.1, -0.05) is 0 Å². The number of likely N-dealkylation sites (tertiary alicyclic amines) is 1. The second-order valence-corrected chi connectivity index (χ2v) is 7.74. The van der Waals surface area contributed by atoms with Crippen molar-refractivity contribution in [1.29, 1.82) is 0 Å². The smallest absolute Gasteiger partial charge is 0.147 e. The molecule has 2 aromatic rings. The number of thiazole rings is 1. The van der Waals surface area contributed by atoms with Gasteiger partial charge in [0.05, 0.1) is 17.4 Å². The molecule has 122 valence electrons. The molecule has 0 amide bonds. The third kappa shape index (κ3) is 2.85. The fourth-order valence-electron chi connectivity index (χ4n) is 4.26. The Morgan fingerprint density at radius 2 is 2.17 bits per heavy atom. The first-order chi connectivity index (χ1) is 11.2. The van der Waals surface area contributed by atoms with Crippen molar-refractivity contribution in [3.05, 3.63) is 34.7 Å². The molecule has 1 saturated heterocycles. The Labute approximate surface area is 141 Å². The van der Waals surface area contributed by atoms with Gasteiger partial charge in [-0.05, 0) is 31.6 Å². The lowest BCUT2D eigenvalue weighted by molar-refractivity contribution is 0.298. The van der Waals surface area contributed by atoms with Gasteiger partial charge in [0.1, 0.15) is 5.82 Å². The topological polar surface area (TPSA) is 45.2 Å². The largest absolute Gasteiger partial charge is 0.355 e. The standard InChI is InChI=1S/C17H23N5S/c1-12-16(23-11-20-12)10-22-8-13-3-4-15(14(13)9-22)21(2)17-7-18-5-6-19-17/h5-7,11,13-15H,3-4,8-10H2,1-2H3/t13-,14+,15-/m1/s1. The van der Waals surface area contributed by atoms with Crippen LogP contribution in [0.1, 0.15) is 23.4 Å². The number of aryl methyl sites for hydroxylation is 1. The molecule has 6 heteroatoms. The molecule has 1 saturated carbocycles. The fraction of sp³-hybridized carbons (Fsp3) is 0.588. The SMILES string of the molecule is Cc1ncsc1CN1C[C@H]2CC[C@@H](N(C)c3cnccn3)[C@H]2C1. The second-order valence-electron chi connectivity index (χ2n) is 6.80. The fourth-order valence-corrected chi connectivity index (χ4v) is 5.08. The maximum Gasteiger partial charge on any atom is 0.147 e. The number of anilines is 1. The van der Waals surface area contributed by atoms with Crippen molar-refractivity contribution in [3.63, 3.8) is 0 Å². The van der Waals surface area contributed by atoms with Crippen LogP contribution in [0.2, 0.25) is 0 Å². The van der Waals surface area contributed by atoms with Crippen LogP contribution in [0.3, 0.4) is 0 Å². The van der Waals surface area contributed by atoms with Crippen LogP contribution in [0, 0.1) is 18.8 Å². The minimum atomic E-state index is 0.587. The number of fused-ring (bicyclic) bond motifs is 1. The summed E-state index contributed by atoms with van der Waals surface area (Å²) in [4.78, 5) is 19.5. The zero-order valence-corrected chi connectivity index (χ0v) is 14.5. The van der Waals surface area contributed by atoms with E-state index in [1.54, 1.807) is 23.7 Å². The highest BCUT2D eigenvalue weighted by Gasteiger charge is 2.44. The van der Waals surface area contributed by atoms with Crippen molar-refractivity contribution >= 4 is 17.2 Å². The van der Waals surface area contributed by atoms with E-state index in [1.165, 1.54) is 36.5 Å². The molecule has 23 heavy (non-hydrogen) atoms. The molecule has 2 fully saturated rings. The average Bonchev–Trinajstić information content (AvgIpc) is 3.25. The molecule has 3 heterocycles. The molecule has 4 rings (SSSR count). The van der Waals surface area contributed by atoms with E-state index in [2.05, 4.69) is 38.7 Å². The Hall–Kier alpha value is -1.53. The summed E-state index contributed by atoms with van der Waals surface area (Å²) in [5.41, 5.74) is 3.16. The molecule has 3 atom stereocenters. The van der Waals surface area contributed by atoms with E-state index < -0.39 is 0 Å². The van der Waals surface area contributed by atoms with Crippen LogP contribution >= 0.6 is 11.3 Å². The first kappa shape index (κ1) is 15.0. The van der Waals surface area contributed by atoms with Gasteiger partial charge in [0, 0.05) is 50.0 Å². The van der Waals surface area contributed by atoms with Gasteiger partial charge in [0.2, 0.25) is 0 Å². The third-order valence-corrected chi connectivity index (χ3v) is 6.43. The van der Waals surface area contributed by atoms with Gasteiger partial charge in [-0.15, -0.1) is 11.3 Å². The van der Waals surface area contributed by atoms with E-state index in [-0.39, 0.29) is 0 Å². The normalized spacial score (nSPS) is 27.3. The lowest BCUT2D eigenvalue weighted by Crippen LogP contribution is -2.38. The van der Waals surface area contributed by atoms with Crippen LogP contribution in [-0.4, -0.2) is 46.0 Å². The quantitative estimate of drug-likeness (QED) is 0.863. The first-order valence-corrected chi connectivity index (χ1v) is 9.20. The van der Waals surface area contributed by atoms with Crippen LogP contribution in [0.4, 0.5) is 5.82 Å². The lowest BCUT2D eigenvalue weighted by atomic mass is 9.97. The number of hydrogen-bond donors (Lipinski definition) is 0. The molecular formula is C17H23N5S. The summed E-state index contributed by atoms with van der Waals surface area (Å²) in [6, 6.07) is 0.587. The van der Waals surface area contributed by atoms with E-state index >= 15 is 0 Å². The summed E-state index contributed by atoms with van der Waals surface area (Å²) >= 11 is 1.79. The molecule has 0 bridgehead atoms. The first-order valence-electron chi connectivity index (χ1n) is 8.32. The van der Waals surface area contributed by atoms with Crippen molar-refractivity contribution in [3.8, 4) is 0 Å². The summed E-state index contributed by atoms with van der Waals surface area (Å²) in [6.45, 7) is 5.60. The Bertz CT molecular complexity index is 658. The molecular weight excluding hydrogens is 306 g/mol. The maximum absolute atomic E-state index is 4.47. The Morgan fingerprint density at radius 1 is 1.26 bits per heavy atom. The van der Waals surface area contributed by atoms with Crippen molar-refractivity contribution < 1.29 is 0 Å². The van der Waals surface area contributed by atoms with Gasteiger partial charge in [0.15, 0.2) is 0 Å². The van der Waals surface area contributed by atoms with Crippen molar-refractivity contribution in [2.75, 3.05) is 25.0 Å². The van der Waals surface area contributed by atoms with Gasteiger partial charge < -0.3 is 4.90 Å². The highest BCUT2D eigenvalue weighted by Crippen LogP contribution is 2.41. The molecule has 2 aliphatic rings. The second kappa shape index (κ2) is 6.17. The van der Waals surface area contributed by atoms with Crippen molar-refractivity contribution in [1.82, 2.24) is 19.9 Å². The van der Waals surface area contributed by atoms with E-state index in [1.807, 2.05) is 11.7 Å². The van der Waals surface area contributed by atoms with Crippen LogP contribution in [0.5, 0.6) is 0 Å². The molecule has 5 nitrogen and oxygen atoms in total. The lowest BCUT2D eigenvalue weighted by Gasteiger charge is -2.30. The Kier molecular flexibility index (Phi) is 4.03. The minimum absolute atomic E-state index is 0.587. The number of rotatable bonds is 4. The minimum Gasteiger partial charge on any atom is -0.355 e. The van der Waals surface area contributed by atoms with Crippen molar-refractivity contribution in [2.24, 2.45) is 11.8 Å².